The van der Waals surface area contributed by atoms with Gasteiger partial charge in [0.2, 0.25) is 0 Å². The molecule has 0 aliphatic carbocycles. The van der Waals surface area contributed by atoms with Crippen molar-refractivity contribution in [3.63, 3.8) is 0 Å². The van der Waals surface area contributed by atoms with Crippen LogP contribution in [0, 0.1) is 0 Å². The first-order valence-electron chi connectivity index (χ1n) is 6.00. The highest BCUT2D eigenvalue weighted by molar-refractivity contribution is 9.10. The molecule has 3 aromatic rings. The molecule has 0 aliphatic rings. The van der Waals surface area contributed by atoms with Crippen LogP contribution in [0.1, 0.15) is 0 Å². The molecule has 3 rings (SSSR count). The Morgan fingerprint density at radius 1 is 1.24 bits per heavy atom. The maximum absolute atomic E-state index is 11.6. The highest BCUT2D eigenvalue weighted by Gasteiger charge is 2.13. The summed E-state index contributed by atoms with van der Waals surface area (Å²) in [6.07, 6.45) is 1.18. The van der Waals surface area contributed by atoms with Crippen molar-refractivity contribution in [2.45, 2.75) is 4.90 Å². The molecule has 2 aromatic carbocycles. The van der Waals surface area contributed by atoms with Crippen molar-refractivity contribution in [2.24, 2.45) is 0 Å². The van der Waals surface area contributed by atoms with Crippen LogP contribution in [0.4, 0.5) is 0 Å². The summed E-state index contributed by atoms with van der Waals surface area (Å²) in [5, 5.41) is 0.555. The smallest absolute Gasteiger partial charge is 0.175 e. The molecular weight excluding hydrogens is 376 g/mol. The molecule has 0 radical (unpaired) electrons. The van der Waals surface area contributed by atoms with Crippen LogP contribution in [0.2, 0.25) is 5.02 Å². The first kappa shape index (κ1) is 14.6. The van der Waals surface area contributed by atoms with E-state index in [1.165, 1.54) is 6.26 Å². The number of sulfone groups is 1. The lowest BCUT2D eigenvalue weighted by molar-refractivity contribution is 0.602. The predicted molar refractivity (Wildman–Crippen MR) is 87.3 cm³/mol. The average molecular weight is 386 g/mol. The second kappa shape index (κ2) is 5.12. The van der Waals surface area contributed by atoms with Crippen molar-refractivity contribution in [1.82, 2.24) is 9.97 Å². The number of H-pyrrole nitrogens is 1. The number of hydrogen-bond acceptors (Lipinski definition) is 3. The van der Waals surface area contributed by atoms with Crippen molar-refractivity contribution in [3.8, 4) is 11.4 Å². The molecule has 0 saturated heterocycles. The zero-order chi connectivity index (χ0) is 15.2. The molecule has 0 spiro atoms. The van der Waals surface area contributed by atoms with Gasteiger partial charge in [-0.3, -0.25) is 0 Å². The van der Waals surface area contributed by atoms with Gasteiger partial charge >= 0.3 is 0 Å². The number of rotatable bonds is 2. The third-order valence-electron chi connectivity index (χ3n) is 3.09. The molecule has 0 saturated carbocycles. The van der Waals surface area contributed by atoms with Crippen molar-refractivity contribution >= 4 is 48.4 Å². The Labute approximate surface area is 135 Å². The quantitative estimate of drug-likeness (QED) is 0.724. The van der Waals surface area contributed by atoms with Gasteiger partial charge < -0.3 is 4.98 Å². The zero-order valence-corrected chi connectivity index (χ0v) is 14.1. The molecule has 1 N–H and O–H groups in total. The summed E-state index contributed by atoms with van der Waals surface area (Å²) in [4.78, 5) is 7.82. The van der Waals surface area contributed by atoms with Gasteiger partial charge in [0.15, 0.2) is 9.84 Å². The second-order valence-electron chi connectivity index (χ2n) is 4.64. The zero-order valence-electron chi connectivity index (χ0n) is 10.9. The molecule has 1 heterocycles. The number of nitrogens with zero attached hydrogens (tertiary/aromatic N) is 1. The lowest BCUT2D eigenvalue weighted by Gasteiger charge is -2.01. The fourth-order valence-electron chi connectivity index (χ4n) is 2.03. The summed E-state index contributed by atoms with van der Waals surface area (Å²) in [6, 6.07) is 10.4. The van der Waals surface area contributed by atoms with E-state index in [9.17, 15) is 8.42 Å². The van der Waals surface area contributed by atoms with Gasteiger partial charge in [-0.2, -0.15) is 0 Å². The molecule has 0 unspecified atom stereocenters. The van der Waals surface area contributed by atoms with Crippen molar-refractivity contribution in [3.05, 3.63) is 45.9 Å². The summed E-state index contributed by atoms with van der Waals surface area (Å²) in [7, 11) is -3.25. The first-order chi connectivity index (χ1) is 9.86. The van der Waals surface area contributed by atoms with Gasteiger partial charge in [0.25, 0.3) is 0 Å². The molecule has 7 heteroatoms. The fraction of sp³-hybridized carbons (Fsp3) is 0.0714. The molecule has 0 bridgehead atoms. The summed E-state index contributed by atoms with van der Waals surface area (Å²) >= 11 is 9.63. The fourth-order valence-corrected chi connectivity index (χ4v) is 3.26. The van der Waals surface area contributed by atoms with Gasteiger partial charge in [0.1, 0.15) is 5.82 Å². The molecule has 108 valence electrons. The van der Waals surface area contributed by atoms with Crippen molar-refractivity contribution < 1.29 is 8.42 Å². The SMILES string of the molecule is CS(=O)(=O)c1ccc2nc(-c3cccc(Br)c3Cl)[nH]c2c1. The van der Waals surface area contributed by atoms with E-state index in [2.05, 4.69) is 25.9 Å². The number of halogens is 2. The second-order valence-corrected chi connectivity index (χ2v) is 7.89. The number of fused-ring (bicyclic) bond motifs is 1. The van der Waals surface area contributed by atoms with Crippen LogP contribution >= 0.6 is 27.5 Å². The molecular formula is C14H10BrClN2O2S. The third kappa shape index (κ3) is 2.71. The molecule has 4 nitrogen and oxygen atoms in total. The largest absolute Gasteiger partial charge is 0.338 e. The van der Waals surface area contributed by atoms with E-state index in [0.29, 0.717) is 21.9 Å². The molecule has 21 heavy (non-hydrogen) atoms. The lowest BCUT2D eigenvalue weighted by Crippen LogP contribution is -1.96. The molecule has 1 aromatic heterocycles. The Morgan fingerprint density at radius 2 is 2.00 bits per heavy atom. The van der Waals surface area contributed by atoms with Crippen LogP contribution in [0.15, 0.2) is 45.8 Å². The van der Waals surface area contributed by atoms with Crippen LogP contribution in [-0.4, -0.2) is 24.6 Å². The minimum atomic E-state index is -3.25. The van der Waals surface area contributed by atoms with Gasteiger partial charge in [0.05, 0.1) is 21.0 Å². The Hall–Kier alpha value is -1.37. The summed E-state index contributed by atoms with van der Waals surface area (Å²) in [5.41, 5.74) is 2.10. The highest BCUT2D eigenvalue weighted by Crippen LogP contribution is 2.33. The maximum atomic E-state index is 11.6. The van der Waals surface area contributed by atoms with Gasteiger partial charge in [-0.05, 0) is 46.3 Å². The van der Waals surface area contributed by atoms with Crippen LogP contribution in [-0.2, 0) is 9.84 Å². The van der Waals surface area contributed by atoms with E-state index in [1.807, 2.05) is 18.2 Å². The molecule has 0 aliphatic heterocycles. The van der Waals surface area contributed by atoms with Crippen LogP contribution in [0.3, 0.4) is 0 Å². The minimum Gasteiger partial charge on any atom is -0.338 e. The number of nitrogens with one attached hydrogen (secondary N) is 1. The summed E-state index contributed by atoms with van der Waals surface area (Å²) in [6.45, 7) is 0. The Morgan fingerprint density at radius 3 is 2.71 bits per heavy atom. The minimum absolute atomic E-state index is 0.255. The standard InChI is InChI=1S/C14H10BrClN2O2S/c1-21(19,20)8-5-6-11-12(7-8)18-14(17-11)9-3-2-4-10(15)13(9)16/h2-7H,1H3,(H,17,18). The van der Waals surface area contributed by atoms with Gasteiger partial charge in [-0.25, -0.2) is 13.4 Å². The Balaban J connectivity index is 2.20. The first-order valence-corrected chi connectivity index (χ1v) is 9.07. The van der Waals surface area contributed by atoms with E-state index < -0.39 is 9.84 Å². The molecule has 0 amide bonds. The number of aromatic nitrogens is 2. The lowest BCUT2D eigenvalue weighted by atomic mass is 10.2. The summed E-state index contributed by atoms with van der Waals surface area (Å²) in [5.74, 6) is 0.599. The monoisotopic (exact) mass is 384 g/mol. The van der Waals surface area contributed by atoms with Gasteiger partial charge in [-0.15, -0.1) is 0 Å². The van der Waals surface area contributed by atoms with E-state index >= 15 is 0 Å². The van der Waals surface area contributed by atoms with Gasteiger partial charge in [0, 0.05) is 16.3 Å². The number of benzene rings is 2. The van der Waals surface area contributed by atoms with Gasteiger partial charge in [-0.1, -0.05) is 17.7 Å². The maximum Gasteiger partial charge on any atom is 0.175 e. The van der Waals surface area contributed by atoms with E-state index in [1.54, 1.807) is 18.2 Å². The van der Waals surface area contributed by atoms with Crippen LogP contribution < -0.4 is 0 Å². The topological polar surface area (TPSA) is 62.8 Å². The number of imidazole rings is 1. The number of hydrogen-bond donors (Lipinski definition) is 1. The van der Waals surface area contributed by atoms with Crippen LogP contribution in [0.25, 0.3) is 22.4 Å². The molecule has 0 atom stereocenters. The predicted octanol–water partition coefficient (Wildman–Crippen LogP) is 4.05. The van der Waals surface area contributed by atoms with E-state index in [0.717, 1.165) is 10.0 Å². The normalized spacial score (nSPS) is 12.0. The summed E-state index contributed by atoms with van der Waals surface area (Å²) < 4.78 is 24.0. The number of aromatic amines is 1. The van der Waals surface area contributed by atoms with Crippen molar-refractivity contribution in [1.29, 1.82) is 0 Å². The van der Waals surface area contributed by atoms with E-state index in [4.69, 9.17) is 11.6 Å². The van der Waals surface area contributed by atoms with Crippen LogP contribution in [0.5, 0.6) is 0 Å². The van der Waals surface area contributed by atoms with Crippen molar-refractivity contribution in [2.75, 3.05) is 6.26 Å². The Bertz CT molecular complexity index is 951. The van der Waals surface area contributed by atoms with E-state index in [-0.39, 0.29) is 4.90 Å². The third-order valence-corrected chi connectivity index (χ3v) is 5.49. The Kier molecular flexibility index (Phi) is 3.55. The highest BCUT2D eigenvalue weighted by atomic mass is 79.9. The molecule has 0 fully saturated rings. The average Bonchev–Trinajstić information content (AvgIpc) is 2.83.